The van der Waals surface area contributed by atoms with Gasteiger partial charge in [0, 0.05) is 30.5 Å². The number of carbonyl (C=O) groups excluding carboxylic acids is 1. The van der Waals surface area contributed by atoms with Crippen molar-refractivity contribution < 1.29 is 14.3 Å². The van der Waals surface area contributed by atoms with Crippen LogP contribution in [0.25, 0.3) is 0 Å². The maximum atomic E-state index is 13.6. The van der Waals surface area contributed by atoms with Gasteiger partial charge in [0.2, 0.25) is 11.9 Å². The number of carbonyl (C=O) groups is 1. The number of rotatable bonds is 11. The van der Waals surface area contributed by atoms with Crippen LogP contribution in [0.2, 0.25) is 10.0 Å². The maximum absolute atomic E-state index is 13.6. The van der Waals surface area contributed by atoms with Gasteiger partial charge in [-0.15, -0.1) is 0 Å². The fourth-order valence-corrected chi connectivity index (χ4v) is 4.73. The van der Waals surface area contributed by atoms with Gasteiger partial charge in [0.25, 0.3) is 0 Å². The van der Waals surface area contributed by atoms with Crippen molar-refractivity contribution in [3.8, 4) is 5.75 Å². The average molecular weight is 591 g/mol. The number of anilines is 2. The molecule has 1 aromatic heterocycles. The van der Waals surface area contributed by atoms with Gasteiger partial charge in [-0.25, -0.2) is 14.2 Å². The molecule has 10 nitrogen and oxygen atoms in total. The van der Waals surface area contributed by atoms with E-state index in [2.05, 4.69) is 15.6 Å². The van der Waals surface area contributed by atoms with E-state index in [1.54, 1.807) is 42.5 Å². The summed E-state index contributed by atoms with van der Waals surface area (Å²) in [5.74, 6) is 0.570. The quantitative estimate of drug-likeness (QED) is 0.344. The molecule has 1 aliphatic heterocycles. The number of hydrogen-bond acceptors (Lipinski definition) is 7. The fraction of sp³-hybridized carbons (Fsp3) is 0.429. The highest BCUT2D eigenvalue weighted by Gasteiger charge is 2.18. The van der Waals surface area contributed by atoms with Crippen LogP contribution >= 0.6 is 23.2 Å². The Morgan fingerprint density at radius 2 is 1.82 bits per heavy atom. The standard InChI is InChI=1S/C28H33Cl2N5O5/c1-18(2)40-24-8-7-22(15-23(24)30)32-26-33-27(37)35(17-25(36)31-12-9-19-10-13-39-14-11-19)28(38)34(26)16-20-3-5-21(29)6-4-20/h3-8,15,18-19H,9-14,16-17H2,1-2H3,(H,31,36)(H,32,33,37). The van der Waals surface area contributed by atoms with E-state index in [9.17, 15) is 14.4 Å². The third-order valence-electron chi connectivity index (χ3n) is 6.47. The second kappa shape index (κ2) is 13.8. The lowest BCUT2D eigenvalue weighted by Crippen LogP contribution is -2.46. The first-order valence-electron chi connectivity index (χ1n) is 13.2. The number of nitrogens with zero attached hydrogens (tertiary/aromatic N) is 3. The van der Waals surface area contributed by atoms with Crippen molar-refractivity contribution in [2.75, 3.05) is 25.1 Å². The van der Waals surface area contributed by atoms with E-state index in [0.29, 0.717) is 33.9 Å². The molecule has 4 rings (SSSR count). The van der Waals surface area contributed by atoms with Gasteiger partial charge in [-0.3, -0.25) is 9.36 Å². The lowest BCUT2D eigenvalue weighted by molar-refractivity contribution is -0.121. The maximum Gasteiger partial charge on any atom is 0.355 e. The predicted octanol–water partition coefficient (Wildman–Crippen LogP) is 4.22. The van der Waals surface area contributed by atoms with Crippen molar-refractivity contribution in [3.05, 3.63) is 79.0 Å². The predicted molar refractivity (Wildman–Crippen MR) is 155 cm³/mol. The molecule has 0 atom stereocenters. The van der Waals surface area contributed by atoms with E-state index in [4.69, 9.17) is 32.7 Å². The Kier molecular flexibility index (Phi) is 10.2. The Labute approximate surface area is 242 Å². The molecule has 214 valence electrons. The summed E-state index contributed by atoms with van der Waals surface area (Å²) < 4.78 is 13.2. The molecule has 1 saturated heterocycles. The molecule has 40 heavy (non-hydrogen) atoms. The zero-order valence-corrected chi connectivity index (χ0v) is 24.0. The number of hydrogen-bond donors (Lipinski definition) is 2. The highest BCUT2D eigenvalue weighted by atomic mass is 35.5. The molecule has 0 radical (unpaired) electrons. The van der Waals surface area contributed by atoms with E-state index in [1.165, 1.54) is 4.57 Å². The minimum absolute atomic E-state index is 0.00900. The SMILES string of the molecule is CC(C)Oc1ccc(Nc2nc(=O)n(CC(=O)NCCC3CCOCC3)c(=O)n2Cc2ccc(Cl)cc2)cc1Cl. The Bertz CT molecular complexity index is 1430. The molecular weight excluding hydrogens is 557 g/mol. The van der Waals surface area contributed by atoms with Crippen LogP contribution in [0.3, 0.4) is 0 Å². The van der Waals surface area contributed by atoms with Crippen LogP contribution in [0, 0.1) is 5.92 Å². The summed E-state index contributed by atoms with van der Waals surface area (Å²) in [4.78, 5) is 43.3. The van der Waals surface area contributed by atoms with Crippen molar-refractivity contribution in [1.29, 1.82) is 0 Å². The van der Waals surface area contributed by atoms with Crippen molar-refractivity contribution in [2.45, 2.75) is 52.3 Å². The molecule has 1 aliphatic rings. The van der Waals surface area contributed by atoms with Crippen LogP contribution in [0.4, 0.5) is 11.6 Å². The zero-order valence-electron chi connectivity index (χ0n) is 22.5. The van der Waals surface area contributed by atoms with E-state index in [1.807, 2.05) is 13.8 Å². The van der Waals surface area contributed by atoms with Crippen LogP contribution in [-0.2, 0) is 22.6 Å². The minimum Gasteiger partial charge on any atom is -0.489 e. The first-order valence-corrected chi connectivity index (χ1v) is 14.0. The minimum atomic E-state index is -0.842. The molecule has 3 aromatic rings. The monoisotopic (exact) mass is 589 g/mol. The second-order valence-corrected chi connectivity index (χ2v) is 10.8. The molecule has 0 bridgehead atoms. The van der Waals surface area contributed by atoms with Gasteiger partial charge in [0.1, 0.15) is 12.3 Å². The van der Waals surface area contributed by atoms with Gasteiger partial charge in [-0.1, -0.05) is 35.3 Å². The van der Waals surface area contributed by atoms with Crippen molar-refractivity contribution in [1.82, 2.24) is 19.4 Å². The Morgan fingerprint density at radius 1 is 1.10 bits per heavy atom. The van der Waals surface area contributed by atoms with Gasteiger partial charge in [0.15, 0.2) is 0 Å². The first kappa shape index (κ1) is 29.6. The van der Waals surface area contributed by atoms with Gasteiger partial charge in [0.05, 0.1) is 17.7 Å². The number of ether oxygens (including phenoxy) is 2. The topological polar surface area (TPSA) is 116 Å². The summed E-state index contributed by atoms with van der Waals surface area (Å²) in [5, 5.41) is 6.74. The van der Waals surface area contributed by atoms with E-state index in [-0.39, 0.29) is 18.6 Å². The second-order valence-electron chi connectivity index (χ2n) is 9.93. The van der Waals surface area contributed by atoms with Gasteiger partial charge >= 0.3 is 11.4 Å². The van der Waals surface area contributed by atoms with E-state index >= 15 is 0 Å². The molecule has 0 unspecified atom stereocenters. The third kappa shape index (κ3) is 8.09. The number of amides is 1. The highest BCUT2D eigenvalue weighted by molar-refractivity contribution is 6.32. The van der Waals surface area contributed by atoms with Gasteiger partial charge in [-0.2, -0.15) is 4.98 Å². The molecule has 12 heteroatoms. The largest absolute Gasteiger partial charge is 0.489 e. The van der Waals surface area contributed by atoms with Crippen LogP contribution in [0.15, 0.2) is 52.1 Å². The number of nitrogens with one attached hydrogen (secondary N) is 2. The molecule has 2 aromatic carbocycles. The van der Waals surface area contributed by atoms with Gasteiger partial charge < -0.3 is 20.1 Å². The molecule has 0 spiro atoms. The summed E-state index contributed by atoms with van der Waals surface area (Å²) >= 11 is 12.4. The number of aromatic nitrogens is 3. The van der Waals surface area contributed by atoms with Crippen LogP contribution < -0.4 is 26.7 Å². The number of halogens is 2. The summed E-state index contributed by atoms with van der Waals surface area (Å²) in [6.07, 6.45) is 2.67. The summed E-state index contributed by atoms with van der Waals surface area (Å²) in [6.45, 7) is 5.35. The first-order chi connectivity index (χ1) is 19.2. The lowest BCUT2D eigenvalue weighted by atomic mass is 9.97. The normalized spacial score (nSPS) is 13.8. The van der Waals surface area contributed by atoms with E-state index in [0.717, 1.165) is 42.6 Å². The Hall–Kier alpha value is -3.34. The molecular formula is C28H33Cl2N5O5. The third-order valence-corrected chi connectivity index (χ3v) is 7.02. The van der Waals surface area contributed by atoms with Crippen LogP contribution in [0.1, 0.15) is 38.7 Å². The fourth-order valence-electron chi connectivity index (χ4n) is 4.38. The van der Waals surface area contributed by atoms with Crippen molar-refractivity contribution >= 4 is 40.7 Å². The molecule has 2 N–H and O–H groups in total. The smallest absolute Gasteiger partial charge is 0.355 e. The average Bonchev–Trinajstić information content (AvgIpc) is 2.92. The molecule has 0 aliphatic carbocycles. The van der Waals surface area contributed by atoms with Crippen LogP contribution in [0.5, 0.6) is 5.75 Å². The van der Waals surface area contributed by atoms with Crippen LogP contribution in [-0.4, -0.2) is 45.9 Å². The summed E-state index contributed by atoms with van der Waals surface area (Å²) in [6, 6.07) is 12.0. The Morgan fingerprint density at radius 3 is 2.50 bits per heavy atom. The van der Waals surface area contributed by atoms with Crippen molar-refractivity contribution in [3.63, 3.8) is 0 Å². The van der Waals surface area contributed by atoms with Crippen molar-refractivity contribution in [2.24, 2.45) is 5.92 Å². The summed E-state index contributed by atoms with van der Waals surface area (Å²) in [5.41, 5.74) is -0.268. The molecule has 1 fully saturated rings. The summed E-state index contributed by atoms with van der Waals surface area (Å²) in [7, 11) is 0. The Balaban J connectivity index is 1.57. The number of benzene rings is 2. The van der Waals surface area contributed by atoms with Gasteiger partial charge in [-0.05, 0) is 74.9 Å². The van der Waals surface area contributed by atoms with E-state index < -0.39 is 23.8 Å². The molecule has 1 amide bonds. The molecule has 2 heterocycles. The lowest BCUT2D eigenvalue weighted by Gasteiger charge is -2.21. The zero-order chi connectivity index (χ0) is 28.6. The highest BCUT2D eigenvalue weighted by Crippen LogP contribution is 2.29. The molecule has 0 saturated carbocycles.